The molecule has 1 saturated carbocycles. The smallest absolute Gasteiger partial charge is 0.161 e. The Balaban J connectivity index is 1.26. The first-order valence-electron chi connectivity index (χ1n) is 13.5. The Morgan fingerprint density at radius 1 is 0.925 bits per heavy atom. The molecule has 0 spiro atoms. The molecule has 0 aliphatic heterocycles. The maximum atomic E-state index is 16.2. The summed E-state index contributed by atoms with van der Waals surface area (Å²) in [5.41, 5.74) is 6.94. The van der Waals surface area contributed by atoms with Crippen LogP contribution in [0.2, 0.25) is 0 Å². The number of nitrogens with one attached hydrogen (secondary N) is 3. The number of rotatable bonds is 6. The monoisotopic (exact) mass is 530 g/mol. The number of fused-ring (bicyclic) bond motifs is 2. The second-order valence-electron chi connectivity index (χ2n) is 10.3. The first-order chi connectivity index (χ1) is 19.7. The predicted molar refractivity (Wildman–Crippen MR) is 155 cm³/mol. The Morgan fingerprint density at radius 3 is 2.62 bits per heavy atom. The van der Waals surface area contributed by atoms with Crippen LogP contribution in [0, 0.1) is 11.7 Å². The lowest BCUT2D eigenvalue weighted by Crippen LogP contribution is -2.14. The Hall–Kier alpha value is -4.92. The van der Waals surface area contributed by atoms with E-state index in [4.69, 9.17) is 4.98 Å². The standard InChI is InChI=1S/C31H27FN8/c1-18(19-6-3-2-4-7-19)36-22-14-21(15-34-16-22)28-27(32)26-25(17-35-28)39-40-30(26)31-37-24-9-5-8-23(29(24)38-31)20-10-12-33-13-11-20/h5,8-17,19,36H,1-4,6-7H2,(H,37,38)(H,39,40). The maximum Gasteiger partial charge on any atom is 0.161 e. The van der Waals surface area contributed by atoms with Crippen LogP contribution in [0.25, 0.3) is 55.8 Å². The number of nitrogens with zero attached hydrogens (tertiary/aromatic N) is 5. The molecule has 1 aliphatic rings. The highest BCUT2D eigenvalue weighted by Crippen LogP contribution is 2.35. The van der Waals surface area contributed by atoms with Crippen LogP contribution in [-0.2, 0) is 0 Å². The Bertz CT molecular complexity index is 1850. The summed E-state index contributed by atoms with van der Waals surface area (Å²) in [4.78, 5) is 21.0. The molecule has 0 saturated heterocycles. The number of imidazole rings is 1. The van der Waals surface area contributed by atoms with Gasteiger partial charge in [0.2, 0.25) is 0 Å². The van der Waals surface area contributed by atoms with Gasteiger partial charge in [0.15, 0.2) is 11.6 Å². The fraction of sp³-hybridized carbons (Fsp3) is 0.194. The van der Waals surface area contributed by atoms with Gasteiger partial charge in [-0.3, -0.25) is 20.1 Å². The van der Waals surface area contributed by atoms with Crippen LogP contribution in [0.15, 0.2) is 79.7 Å². The van der Waals surface area contributed by atoms with Gasteiger partial charge in [0, 0.05) is 35.4 Å². The zero-order valence-electron chi connectivity index (χ0n) is 21.8. The number of aromatic amines is 2. The molecule has 9 heteroatoms. The van der Waals surface area contributed by atoms with Gasteiger partial charge < -0.3 is 10.3 Å². The van der Waals surface area contributed by atoms with Crippen molar-refractivity contribution in [2.24, 2.45) is 5.92 Å². The summed E-state index contributed by atoms with van der Waals surface area (Å²) in [6, 6.07) is 11.6. The molecule has 0 radical (unpaired) electrons. The molecule has 0 unspecified atom stereocenters. The lowest BCUT2D eigenvalue weighted by Gasteiger charge is -2.24. The number of para-hydroxylation sites is 1. The van der Waals surface area contributed by atoms with Crippen molar-refractivity contribution in [3.63, 3.8) is 0 Å². The molecule has 5 heterocycles. The van der Waals surface area contributed by atoms with E-state index in [1.165, 1.54) is 19.3 Å². The quantitative estimate of drug-likeness (QED) is 0.209. The van der Waals surface area contributed by atoms with Gasteiger partial charge in [-0.25, -0.2) is 9.37 Å². The molecule has 1 fully saturated rings. The number of benzene rings is 1. The molecular weight excluding hydrogens is 503 g/mol. The van der Waals surface area contributed by atoms with Crippen molar-refractivity contribution < 1.29 is 4.39 Å². The largest absolute Gasteiger partial charge is 0.358 e. The SMILES string of the molecule is C=C(Nc1cncc(-c2ncc3[nH]nc(-c4nc5c(-c6ccncc6)cccc5[nH]4)c3c2F)c1)C1CCCCC1. The van der Waals surface area contributed by atoms with Crippen molar-refractivity contribution in [2.45, 2.75) is 32.1 Å². The maximum absolute atomic E-state index is 16.2. The number of halogens is 1. The van der Waals surface area contributed by atoms with E-state index in [-0.39, 0.29) is 5.69 Å². The van der Waals surface area contributed by atoms with Crippen molar-refractivity contribution >= 4 is 27.6 Å². The summed E-state index contributed by atoms with van der Waals surface area (Å²) >= 11 is 0. The molecule has 6 aromatic rings. The number of hydrogen-bond acceptors (Lipinski definition) is 6. The second-order valence-corrected chi connectivity index (χ2v) is 10.3. The van der Waals surface area contributed by atoms with Crippen molar-refractivity contribution in [2.75, 3.05) is 5.32 Å². The number of aromatic nitrogens is 7. The Kier molecular flexibility index (Phi) is 6.03. The van der Waals surface area contributed by atoms with Gasteiger partial charge >= 0.3 is 0 Å². The molecule has 1 aromatic carbocycles. The molecule has 0 amide bonds. The lowest BCUT2D eigenvalue weighted by atomic mass is 9.87. The molecular formula is C31H27FN8. The minimum absolute atomic E-state index is 0.197. The predicted octanol–water partition coefficient (Wildman–Crippen LogP) is 7.27. The first-order valence-corrected chi connectivity index (χ1v) is 13.5. The van der Waals surface area contributed by atoms with Crippen LogP contribution in [0.3, 0.4) is 0 Å². The average Bonchev–Trinajstić information content (AvgIpc) is 3.63. The van der Waals surface area contributed by atoms with Crippen molar-refractivity contribution in [1.82, 2.24) is 35.1 Å². The van der Waals surface area contributed by atoms with Gasteiger partial charge in [0.25, 0.3) is 0 Å². The van der Waals surface area contributed by atoms with Crippen molar-refractivity contribution in [1.29, 1.82) is 0 Å². The summed E-state index contributed by atoms with van der Waals surface area (Å²) in [7, 11) is 0. The van der Waals surface area contributed by atoms with Gasteiger partial charge in [0.05, 0.1) is 40.0 Å². The van der Waals surface area contributed by atoms with E-state index >= 15 is 4.39 Å². The summed E-state index contributed by atoms with van der Waals surface area (Å²) in [5, 5.41) is 11.0. The van der Waals surface area contributed by atoms with E-state index < -0.39 is 5.82 Å². The molecule has 7 rings (SSSR count). The number of hydrogen-bond donors (Lipinski definition) is 3. The highest BCUT2D eigenvalue weighted by Gasteiger charge is 2.22. The number of allylic oxidation sites excluding steroid dienone is 1. The van der Waals surface area contributed by atoms with Crippen LogP contribution < -0.4 is 5.32 Å². The minimum Gasteiger partial charge on any atom is -0.358 e. The van der Waals surface area contributed by atoms with Crippen LogP contribution >= 0.6 is 0 Å². The van der Waals surface area contributed by atoms with Gasteiger partial charge in [-0.05, 0) is 48.6 Å². The van der Waals surface area contributed by atoms with Crippen LogP contribution in [0.1, 0.15) is 32.1 Å². The normalized spacial score (nSPS) is 14.1. The van der Waals surface area contributed by atoms with E-state index in [0.29, 0.717) is 33.9 Å². The lowest BCUT2D eigenvalue weighted by molar-refractivity contribution is 0.405. The molecule has 1 aliphatic carbocycles. The van der Waals surface area contributed by atoms with Crippen LogP contribution in [0.5, 0.6) is 0 Å². The number of pyridine rings is 3. The third kappa shape index (κ3) is 4.29. The van der Waals surface area contributed by atoms with Gasteiger partial charge in [-0.15, -0.1) is 0 Å². The zero-order valence-corrected chi connectivity index (χ0v) is 21.8. The highest BCUT2D eigenvalue weighted by atomic mass is 19.1. The summed E-state index contributed by atoms with van der Waals surface area (Å²) in [6.45, 7) is 4.26. The van der Waals surface area contributed by atoms with Crippen molar-refractivity contribution in [3.8, 4) is 33.9 Å². The minimum atomic E-state index is -0.485. The summed E-state index contributed by atoms with van der Waals surface area (Å²) in [6.07, 6.45) is 14.4. The first kappa shape index (κ1) is 24.1. The highest BCUT2D eigenvalue weighted by molar-refractivity contribution is 5.98. The summed E-state index contributed by atoms with van der Waals surface area (Å²) < 4.78 is 16.2. The molecule has 3 N–H and O–H groups in total. The number of anilines is 1. The van der Waals surface area contributed by atoms with E-state index in [2.05, 4.69) is 42.0 Å². The van der Waals surface area contributed by atoms with Crippen LogP contribution in [-0.4, -0.2) is 35.1 Å². The average molecular weight is 531 g/mol. The molecule has 0 bridgehead atoms. The van der Waals surface area contributed by atoms with E-state index in [1.54, 1.807) is 31.0 Å². The third-order valence-corrected chi connectivity index (χ3v) is 7.69. The third-order valence-electron chi connectivity index (χ3n) is 7.69. The van der Waals surface area contributed by atoms with Gasteiger partial charge in [0.1, 0.15) is 11.4 Å². The molecule has 40 heavy (non-hydrogen) atoms. The van der Waals surface area contributed by atoms with Gasteiger partial charge in [-0.1, -0.05) is 38.0 Å². The van der Waals surface area contributed by atoms with E-state index in [9.17, 15) is 0 Å². The fourth-order valence-electron chi connectivity index (χ4n) is 5.63. The second kappa shape index (κ2) is 10.00. The van der Waals surface area contributed by atoms with Gasteiger partial charge in [-0.2, -0.15) is 5.10 Å². The molecule has 8 nitrogen and oxygen atoms in total. The van der Waals surface area contributed by atoms with Crippen LogP contribution in [0.4, 0.5) is 10.1 Å². The van der Waals surface area contributed by atoms with Crippen molar-refractivity contribution in [3.05, 3.63) is 85.5 Å². The Labute approximate surface area is 229 Å². The Morgan fingerprint density at radius 2 is 1.77 bits per heavy atom. The molecule has 198 valence electrons. The van der Waals surface area contributed by atoms with E-state index in [1.807, 2.05) is 36.4 Å². The molecule has 5 aromatic heterocycles. The molecule has 0 atom stereocenters. The van der Waals surface area contributed by atoms with E-state index in [0.717, 1.165) is 46.4 Å². The fourth-order valence-corrected chi connectivity index (χ4v) is 5.63. The topological polar surface area (TPSA) is 108 Å². The number of H-pyrrole nitrogens is 2. The summed E-state index contributed by atoms with van der Waals surface area (Å²) in [5.74, 6) is 0.428. The zero-order chi connectivity index (χ0) is 27.1.